The van der Waals surface area contributed by atoms with E-state index in [0.717, 1.165) is 11.1 Å². The van der Waals surface area contributed by atoms with E-state index in [-0.39, 0.29) is 41.3 Å². The summed E-state index contributed by atoms with van der Waals surface area (Å²) in [5.74, 6) is -4.59. The molecule has 1 N–H and O–H groups in total. The van der Waals surface area contributed by atoms with Crippen molar-refractivity contribution in [1.82, 2.24) is 0 Å². The first kappa shape index (κ1) is 33.4. The van der Waals surface area contributed by atoms with Gasteiger partial charge in [-0.05, 0) is 77.9 Å². The van der Waals surface area contributed by atoms with Crippen LogP contribution in [-0.4, -0.2) is 34.3 Å². The first-order valence-corrected chi connectivity index (χ1v) is 18.3. The first-order chi connectivity index (χ1) is 26.3. The van der Waals surface area contributed by atoms with Crippen LogP contribution >= 0.6 is 0 Å². The summed E-state index contributed by atoms with van der Waals surface area (Å²) >= 11 is 0. The number of imide groups is 1. The third-order valence-corrected chi connectivity index (χ3v) is 12.0. The number of nitrogens with zero attached hydrogens (tertiary/aromatic N) is 1. The van der Waals surface area contributed by atoms with E-state index in [1.165, 1.54) is 11.0 Å². The highest BCUT2D eigenvalue weighted by atomic mass is 16.3. The number of carbonyl (C=O) groups is 5. The van der Waals surface area contributed by atoms with Gasteiger partial charge >= 0.3 is 0 Å². The van der Waals surface area contributed by atoms with Crippen LogP contribution in [0.1, 0.15) is 51.4 Å². The molecule has 5 aromatic rings. The molecular weight excluding hydrogens is 675 g/mol. The number of ketones is 3. The van der Waals surface area contributed by atoms with Gasteiger partial charge in [0.05, 0.1) is 22.9 Å². The van der Waals surface area contributed by atoms with Gasteiger partial charge in [0.15, 0.2) is 17.3 Å². The second-order valence-corrected chi connectivity index (χ2v) is 14.6. The van der Waals surface area contributed by atoms with Crippen LogP contribution in [-0.2, 0) is 24.6 Å². The second-order valence-electron chi connectivity index (χ2n) is 14.6. The fourth-order valence-corrected chi connectivity index (χ4v) is 9.69. The second kappa shape index (κ2) is 12.9. The number of hydrogen-bond donors (Lipinski definition) is 1. The van der Waals surface area contributed by atoms with Gasteiger partial charge in [0.25, 0.3) is 0 Å². The van der Waals surface area contributed by atoms with Gasteiger partial charge in [-0.3, -0.25) is 28.9 Å². The Bertz CT molecular complexity index is 2400. The lowest BCUT2D eigenvalue weighted by Gasteiger charge is -2.55. The SMILES string of the molecule is O=C(c1ccccc1)c1ccc(N2C(=O)[C@H]3[C@H](CC=C4[C@H]3C[C@H]3C(=O)C(c5ccccc5)=CC(=O)[C@@]3(c3ccccc3)[C@H]4c3ccc(O)cc3)C2=O)cc1. The smallest absolute Gasteiger partial charge is 0.238 e. The van der Waals surface area contributed by atoms with Gasteiger partial charge in [0, 0.05) is 28.5 Å². The molecule has 0 bridgehead atoms. The van der Waals surface area contributed by atoms with E-state index in [9.17, 15) is 19.5 Å². The van der Waals surface area contributed by atoms with E-state index in [4.69, 9.17) is 0 Å². The predicted octanol–water partition coefficient (Wildman–Crippen LogP) is 7.65. The summed E-state index contributed by atoms with van der Waals surface area (Å²) in [7, 11) is 0. The molecule has 1 aliphatic heterocycles. The van der Waals surface area contributed by atoms with E-state index in [1.54, 1.807) is 72.8 Å². The van der Waals surface area contributed by atoms with Gasteiger partial charge in [0.2, 0.25) is 11.8 Å². The van der Waals surface area contributed by atoms with Gasteiger partial charge in [-0.15, -0.1) is 0 Å². The summed E-state index contributed by atoms with van der Waals surface area (Å²) in [6.45, 7) is 0. The van der Waals surface area contributed by atoms with E-state index >= 15 is 9.59 Å². The molecule has 7 nitrogen and oxygen atoms in total. The molecule has 1 saturated heterocycles. The van der Waals surface area contributed by atoms with E-state index in [1.807, 2.05) is 72.8 Å². The number of carbonyl (C=O) groups excluding carboxylic acids is 5. The zero-order chi connectivity index (χ0) is 37.1. The number of hydrogen-bond acceptors (Lipinski definition) is 6. The maximum absolute atomic E-state index is 15.1. The van der Waals surface area contributed by atoms with Crippen molar-refractivity contribution in [2.24, 2.45) is 23.7 Å². The lowest BCUT2D eigenvalue weighted by Crippen LogP contribution is -2.58. The van der Waals surface area contributed by atoms with Gasteiger partial charge in [-0.1, -0.05) is 115 Å². The number of rotatable bonds is 6. The van der Waals surface area contributed by atoms with Crippen molar-refractivity contribution in [3.63, 3.8) is 0 Å². The summed E-state index contributed by atoms with van der Waals surface area (Å²) in [6.07, 6.45) is 4.01. The molecule has 9 rings (SSSR count). The average Bonchev–Trinajstić information content (AvgIpc) is 3.48. The Morgan fingerprint density at radius 1 is 0.667 bits per heavy atom. The third-order valence-electron chi connectivity index (χ3n) is 12.0. The number of amides is 2. The van der Waals surface area contributed by atoms with E-state index < -0.39 is 35.0 Å². The van der Waals surface area contributed by atoms with Crippen molar-refractivity contribution < 1.29 is 29.1 Å². The molecule has 6 atom stereocenters. The zero-order valence-corrected chi connectivity index (χ0v) is 29.2. The highest BCUT2D eigenvalue weighted by molar-refractivity contribution is 6.32. The molecule has 0 spiro atoms. The van der Waals surface area contributed by atoms with Crippen LogP contribution in [0.3, 0.4) is 0 Å². The Hall–Kier alpha value is -6.47. The quantitative estimate of drug-likeness (QED) is 0.110. The molecule has 1 saturated carbocycles. The van der Waals surface area contributed by atoms with Crippen molar-refractivity contribution in [3.8, 4) is 5.75 Å². The number of fused-ring (bicyclic) bond motifs is 4. The minimum atomic E-state index is -1.34. The van der Waals surface area contributed by atoms with E-state index in [0.29, 0.717) is 39.9 Å². The van der Waals surface area contributed by atoms with Crippen molar-refractivity contribution >= 4 is 40.4 Å². The monoisotopic (exact) mass is 709 g/mol. The average molecular weight is 710 g/mol. The number of anilines is 1. The van der Waals surface area contributed by atoms with Gasteiger partial charge in [-0.25, -0.2) is 0 Å². The number of phenols is 1. The molecule has 4 aliphatic rings. The molecule has 2 amide bonds. The lowest BCUT2D eigenvalue weighted by molar-refractivity contribution is -0.135. The molecule has 0 unspecified atom stereocenters. The van der Waals surface area contributed by atoms with Crippen LogP contribution in [0.25, 0.3) is 5.57 Å². The molecule has 0 aromatic heterocycles. The molecule has 3 aliphatic carbocycles. The largest absolute Gasteiger partial charge is 0.508 e. The van der Waals surface area contributed by atoms with Crippen LogP contribution < -0.4 is 4.90 Å². The Morgan fingerprint density at radius 3 is 1.94 bits per heavy atom. The van der Waals surface area contributed by atoms with Crippen LogP contribution in [0.5, 0.6) is 5.75 Å². The number of aromatic hydroxyl groups is 1. The van der Waals surface area contributed by atoms with Crippen LogP contribution in [0.15, 0.2) is 157 Å². The summed E-state index contributed by atoms with van der Waals surface area (Å²) in [5, 5.41) is 10.3. The first-order valence-electron chi connectivity index (χ1n) is 18.3. The molecule has 1 heterocycles. The van der Waals surface area contributed by atoms with Gasteiger partial charge in [0.1, 0.15) is 5.75 Å². The highest BCUT2D eigenvalue weighted by Gasteiger charge is 2.66. The van der Waals surface area contributed by atoms with Crippen LogP contribution in [0.4, 0.5) is 5.69 Å². The summed E-state index contributed by atoms with van der Waals surface area (Å²) in [4.78, 5) is 73.4. The Balaban J connectivity index is 1.16. The minimum absolute atomic E-state index is 0.0649. The molecule has 5 aromatic carbocycles. The van der Waals surface area contributed by atoms with E-state index in [2.05, 4.69) is 0 Å². The Kier molecular flexibility index (Phi) is 7.96. The number of Topliss-reactive ketones (excluding diaryl/α,β-unsaturated/α-hetero) is 1. The van der Waals surface area contributed by atoms with Crippen molar-refractivity contribution in [3.05, 3.63) is 185 Å². The molecule has 54 heavy (non-hydrogen) atoms. The van der Waals surface area contributed by atoms with Crippen molar-refractivity contribution in [2.45, 2.75) is 24.2 Å². The van der Waals surface area contributed by atoms with Gasteiger partial charge < -0.3 is 5.11 Å². The predicted molar refractivity (Wildman–Crippen MR) is 203 cm³/mol. The standard InChI is InChI=1S/C47H35NO6/c49-34-22-18-29(19-23-34)42-35-24-25-36-41(46(54)48(45(36)53)33-20-16-31(17-21-33)43(51)30-12-6-2-7-13-30)38(35)26-39-44(52)37(28-10-4-1-5-11-28)27-40(50)47(39,42)32-14-8-3-9-15-32/h1-24,27,36,38-39,41-42,49H,25-26H2/t36-,38+,39-,41-,42-,47-/m0/s1. The molecule has 0 radical (unpaired) electrons. The summed E-state index contributed by atoms with van der Waals surface area (Å²) in [5.41, 5.74) is 3.30. The number of benzene rings is 5. The number of allylic oxidation sites excluding steroid dienone is 4. The zero-order valence-electron chi connectivity index (χ0n) is 29.2. The van der Waals surface area contributed by atoms with Crippen LogP contribution in [0.2, 0.25) is 0 Å². The maximum Gasteiger partial charge on any atom is 0.238 e. The minimum Gasteiger partial charge on any atom is -0.508 e. The maximum atomic E-state index is 15.1. The van der Waals surface area contributed by atoms with Crippen molar-refractivity contribution in [2.75, 3.05) is 4.90 Å². The number of phenolic OH excluding ortho intramolecular Hbond substituents is 1. The lowest BCUT2D eigenvalue weighted by atomic mass is 9.44. The highest BCUT2D eigenvalue weighted by Crippen LogP contribution is 2.63. The summed E-state index contributed by atoms with van der Waals surface area (Å²) < 4.78 is 0. The van der Waals surface area contributed by atoms with Crippen molar-refractivity contribution in [1.29, 1.82) is 0 Å². The molecule has 264 valence electrons. The topological polar surface area (TPSA) is 109 Å². The molecular formula is C47H35NO6. The Labute approximate surface area is 312 Å². The fourth-order valence-electron chi connectivity index (χ4n) is 9.69. The van der Waals surface area contributed by atoms with Gasteiger partial charge in [-0.2, -0.15) is 0 Å². The molecule has 7 heteroatoms. The summed E-state index contributed by atoms with van der Waals surface area (Å²) in [6, 6.07) is 40.8. The van der Waals surface area contributed by atoms with Crippen LogP contribution in [0, 0.1) is 23.7 Å². The fraction of sp³-hybridized carbons (Fsp3) is 0.170. The molecule has 2 fully saturated rings. The normalized spacial score (nSPS) is 26.0. The Morgan fingerprint density at radius 2 is 1.28 bits per heavy atom. The third kappa shape index (κ3) is 4.99.